The number of esters is 1. The molecular formula is C19H18N2O3S3. The molecule has 8 heteroatoms. The van der Waals surface area contributed by atoms with Crippen molar-refractivity contribution in [3.63, 3.8) is 0 Å². The smallest absolute Gasteiger partial charge is 0.312 e. The van der Waals surface area contributed by atoms with E-state index in [1.165, 1.54) is 21.8 Å². The third-order valence-electron chi connectivity index (χ3n) is 4.38. The van der Waals surface area contributed by atoms with E-state index in [9.17, 15) is 9.59 Å². The molecule has 0 spiro atoms. The molecule has 1 aliphatic rings. The third kappa shape index (κ3) is 4.12. The molecule has 0 aliphatic carbocycles. The van der Waals surface area contributed by atoms with Gasteiger partial charge in [-0.3, -0.25) is 9.59 Å². The Morgan fingerprint density at radius 2 is 2.15 bits per heavy atom. The number of carbonyl (C=O) groups excluding carboxylic acids is 2. The van der Waals surface area contributed by atoms with Crippen LogP contribution in [-0.4, -0.2) is 34.4 Å². The standard InChI is InChI=1S/C19H18N2O3S3/c1-12(19(23)21-6-4-15-13(10-21)5-8-26-15)24-17(22)9-14-11-27-18(20-14)16-3-2-7-25-16/h2-3,5,7-8,11-12H,4,6,9-10H2,1H3. The monoisotopic (exact) mass is 418 g/mol. The molecule has 0 saturated carbocycles. The van der Waals surface area contributed by atoms with E-state index < -0.39 is 12.1 Å². The van der Waals surface area contributed by atoms with Gasteiger partial charge in [-0.25, -0.2) is 4.98 Å². The van der Waals surface area contributed by atoms with Crippen molar-refractivity contribution in [2.75, 3.05) is 6.54 Å². The first-order chi connectivity index (χ1) is 13.1. The Labute approximate surface area is 169 Å². The third-order valence-corrected chi connectivity index (χ3v) is 7.34. The van der Waals surface area contributed by atoms with Crippen LogP contribution in [0.3, 0.4) is 0 Å². The molecule has 140 valence electrons. The van der Waals surface area contributed by atoms with Crippen molar-refractivity contribution in [1.29, 1.82) is 0 Å². The quantitative estimate of drug-likeness (QED) is 0.588. The van der Waals surface area contributed by atoms with E-state index >= 15 is 0 Å². The molecule has 0 bridgehead atoms. The number of ether oxygens (including phenoxy) is 1. The molecule has 0 radical (unpaired) electrons. The zero-order chi connectivity index (χ0) is 18.8. The Bertz CT molecular complexity index is 945. The van der Waals surface area contributed by atoms with Gasteiger partial charge in [-0.1, -0.05) is 6.07 Å². The lowest BCUT2D eigenvalue weighted by Gasteiger charge is -2.29. The van der Waals surface area contributed by atoms with Crippen molar-refractivity contribution in [3.05, 3.63) is 50.5 Å². The van der Waals surface area contributed by atoms with Crippen LogP contribution in [-0.2, 0) is 33.7 Å². The van der Waals surface area contributed by atoms with Crippen molar-refractivity contribution in [3.8, 4) is 9.88 Å². The number of fused-ring (bicyclic) bond motifs is 1. The van der Waals surface area contributed by atoms with Gasteiger partial charge in [0.1, 0.15) is 5.01 Å². The van der Waals surface area contributed by atoms with Gasteiger partial charge < -0.3 is 9.64 Å². The highest BCUT2D eigenvalue weighted by Gasteiger charge is 2.27. The molecule has 0 N–H and O–H groups in total. The topological polar surface area (TPSA) is 59.5 Å². The molecular weight excluding hydrogens is 400 g/mol. The first kappa shape index (κ1) is 18.3. The number of hydrogen-bond donors (Lipinski definition) is 0. The Morgan fingerprint density at radius 1 is 1.26 bits per heavy atom. The van der Waals surface area contributed by atoms with Crippen LogP contribution in [0.1, 0.15) is 23.1 Å². The molecule has 5 nitrogen and oxygen atoms in total. The Kier molecular flexibility index (Phi) is 5.38. The van der Waals surface area contributed by atoms with Crippen LogP contribution in [0.4, 0.5) is 0 Å². The summed E-state index contributed by atoms with van der Waals surface area (Å²) in [5, 5.41) is 6.82. The summed E-state index contributed by atoms with van der Waals surface area (Å²) in [6.07, 6.45) is 0.158. The van der Waals surface area contributed by atoms with Crippen LogP contribution in [0.15, 0.2) is 34.3 Å². The maximum atomic E-state index is 12.6. The second-order valence-electron chi connectivity index (χ2n) is 6.31. The zero-order valence-electron chi connectivity index (χ0n) is 14.7. The number of nitrogens with zero attached hydrogens (tertiary/aromatic N) is 2. The average Bonchev–Trinajstić information content (AvgIpc) is 3.40. The number of thiazole rings is 1. The molecule has 27 heavy (non-hydrogen) atoms. The Morgan fingerprint density at radius 3 is 2.96 bits per heavy atom. The van der Waals surface area contributed by atoms with Crippen LogP contribution < -0.4 is 0 Å². The highest BCUT2D eigenvalue weighted by Crippen LogP contribution is 2.28. The van der Waals surface area contributed by atoms with E-state index in [1.807, 2.05) is 22.9 Å². The number of hydrogen-bond acceptors (Lipinski definition) is 7. The van der Waals surface area contributed by atoms with E-state index in [0.29, 0.717) is 18.8 Å². The molecule has 4 heterocycles. The summed E-state index contributed by atoms with van der Waals surface area (Å²) in [6, 6.07) is 6.04. The fourth-order valence-corrected chi connectivity index (χ4v) is 5.56. The molecule has 1 unspecified atom stereocenters. The summed E-state index contributed by atoms with van der Waals surface area (Å²) in [6.45, 7) is 2.90. The summed E-state index contributed by atoms with van der Waals surface area (Å²) in [4.78, 5) is 33.5. The van der Waals surface area contributed by atoms with Gasteiger partial charge in [0.25, 0.3) is 5.91 Å². The van der Waals surface area contributed by atoms with Crippen LogP contribution in [0.25, 0.3) is 9.88 Å². The summed E-state index contributed by atoms with van der Waals surface area (Å²) in [7, 11) is 0. The predicted octanol–water partition coefficient (Wildman–Crippen LogP) is 3.99. The van der Waals surface area contributed by atoms with E-state index in [0.717, 1.165) is 16.3 Å². The highest BCUT2D eigenvalue weighted by atomic mass is 32.1. The molecule has 1 aliphatic heterocycles. The average molecular weight is 419 g/mol. The van der Waals surface area contributed by atoms with Crippen molar-refractivity contribution < 1.29 is 14.3 Å². The molecule has 0 saturated heterocycles. The van der Waals surface area contributed by atoms with E-state index in [-0.39, 0.29) is 12.3 Å². The fraction of sp³-hybridized carbons (Fsp3) is 0.316. The number of carbonyl (C=O) groups is 2. The Balaban J connectivity index is 1.32. The molecule has 0 fully saturated rings. The number of aromatic nitrogens is 1. The van der Waals surface area contributed by atoms with Crippen LogP contribution in [0.5, 0.6) is 0 Å². The Hall–Kier alpha value is -2.03. The van der Waals surface area contributed by atoms with Gasteiger partial charge in [-0.15, -0.1) is 34.0 Å². The number of amides is 1. The number of thiophene rings is 2. The maximum Gasteiger partial charge on any atom is 0.312 e. The minimum absolute atomic E-state index is 0.0776. The minimum Gasteiger partial charge on any atom is -0.452 e. The molecule has 1 amide bonds. The van der Waals surface area contributed by atoms with E-state index in [4.69, 9.17) is 4.74 Å². The molecule has 4 rings (SSSR count). The fourth-order valence-electron chi connectivity index (χ4n) is 3.03. The SMILES string of the molecule is CC(OC(=O)Cc1csc(-c2cccs2)n1)C(=O)N1CCc2sccc2C1. The van der Waals surface area contributed by atoms with Gasteiger partial charge in [-0.05, 0) is 41.8 Å². The van der Waals surface area contributed by atoms with Gasteiger partial charge in [0.15, 0.2) is 6.10 Å². The van der Waals surface area contributed by atoms with E-state index in [2.05, 4.69) is 16.4 Å². The summed E-state index contributed by atoms with van der Waals surface area (Å²) < 4.78 is 5.38. The summed E-state index contributed by atoms with van der Waals surface area (Å²) in [5.74, 6) is -0.565. The lowest BCUT2D eigenvalue weighted by molar-refractivity contribution is -0.159. The van der Waals surface area contributed by atoms with Crippen molar-refractivity contribution in [2.45, 2.75) is 32.4 Å². The maximum absolute atomic E-state index is 12.6. The molecule has 3 aromatic heterocycles. The normalized spacial score (nSPS) is 14.6. The second kappa shape index (κ2) is 7.92. The van der Waals surface area contributed by atoms with Crippen molar-refractivity contribution >= 4 is 45.9 Å². The summed E-state index contributed by atoms with van der Waals surface area (Å²) in [5.41, 5.74) is 1.87. The molecule has 3 aromatic rings. The number of rotatable bonds is 5. The second-order valence-corrected chi connectivity index (χ2v) is 9.12. The van der Waals surface area contributed by atoms with Gasteiger partial charge >= 0.3 is 5.97 Å². The van der Waals surface area contributed by atoms with Crippen LogP contribution in [0, 0.1) is 0 Å². The van der Waals surface area contributed by atoms with Crippen LogP contribution in [0.2, 0.25) is 0 Å². The lowest BCUT2D eigenvalue weighted by Crippen LogP contribution is -2.42. The van der Waals surface area contributed by atoms with Crippen molar-refractivity contribution in [1.82, 2.24) is 9.88 Å². The first-order valence-electron chi connectivity index (χ1n) is 8.62. The first-order valence-corrected chi connectivity index (χ1v) is 11.3. The highest BCUT2D eigenvalue weighted by molar-refractivity contribution is 7.20. The minimum atomic E-state index is -0.784. The summed E-state index contributed by atoms with van der Waals surface area (Å²) >= 11 is 4.86. The largest absolute Gasteiger partial charge is 0.452 e. The zero-order valence-corrected chi connectivity index (χ0v) is 17.2. The van der Waals surface area contributed by atoms with Gasteiger partial charge in [-0.2, -0.15) is 0 Å². The predicted molar refractivity (Wildman–Crippen MR) is 108 cm³/mol. The van der Waals surface area contributed by atoms with E-state index in [1.54, 1.807) is 34.5 Å². The molecule has 1 atom stereocenters. The van der Waals surface area contributed by atoms with Crippen molar-refractivity contribution in [2.24, 2.45) is 0 Å². The van der Waals surface area contributed by atoms with Gasteiger partial charge in [0, 0.05) is 23.3 Å². The molecule has 0 aromatic carbocycles. The van der Waals surface area contributed by atoms with Crippen LogP contribution >= 0.6 is 34.0 Å². The van der Waals surface area contributed by atoms with Gasteiger partial charge in [0.05, 0.1) is 17.0 Å². The lowest BCUT2D eigenvalue weighted by atomic mass is 10.1. The van der Waals surface area contributed by atoms with Gasteiger partial charge in [0.2, 0.25) is 0 Å².